The molecule has 0 aliphatic carbocycles. The zero-order chi connectivity index (χ0) is 20.4. The maximum atomic E-state index is 13.5. The largest absolute Gasteiger partial charge is 0.324 e. The normalized spacial score (nSPS) is 31.5. The average Bonchev–Trinajstić information content (AvgIpc) is 3.18. The lowest BCUT2D eigenvalue weighted by Crippen LogP contribution is -2.55. The van der Waals surface area contributed by atoms with Gasteiger partial charge in [0.1, 0.15) is 5.54 Å². The molecule has 0 bridgehead atoms. The number of amides is 3. The Morgan fingerprint density at radius 1 is 1.21 bits per heavy atom. The van der Waals surface area contributed by atoms with Gasteiger partial charge in [0.05, 0.1) is 11.8 Å². The summed E-state index contributed by atoms with van der Waals surface area (Å²) in [6, 6.07) is 5.35. The van der Waals surface area contributed by atoms with Crippen molar-refractivity contribution >= 4 is 51.1 Å². The number of benzene rings is 1. The number of carbonyl (C=O) groups is 3. The Labute approximate surface area is 177 Å². The zero-order valence-corrected chi connectivity index (χ0v) is 18.7. The quantitative estimate of drug-likeness (QED) is 0.670. The molecule has 0 saturated carbocycles. The summed E-state index contributed by atoms with van der Waals surface area (Å²) >= 11 is 5.18. The lowest BCUT2D eigenvalue weighted by Gasteiger charge is -2.34. The van der Waals surface area contributed by atoms with E-state index in [0.717, 1.165) is 22.2 Å². The van der Waals surface area contributed by atoms with Crippen LogP contribution >= 0.6 is 27.7 Å². The molecule has 2 saturated heterocycles. The van der Waals surface area contributed by atoms with Gasteiger partial charge in [-0.1, -0.05) is 15.9 Å². The molecule has 1 spiro atoms. The molecule has 4 rings (SSSR count). The molecule has 150 valence electrons. The van der Waals surface area contributed by atoms with Gasteiger partial charge in [-0.05, 0) is 57.4 Å². The van der Waals surface area contributed by atoms with E-state index in [0.29, 0.717) is 5.69 Å². The highest BCUT2D eigenvalue weighted by atomic mass is 79.9. The van der Waals surface area contributed by atoms with Crippen molar-refractivity contribution in [1.82, 2.24) is 10.2 Å². The predicted octanol–water partition coefficient (Wildman–Crippen LogP) is 2.72. The summed E-state index contributed by atoms with van der Waals surface area (Å²) in [5.41, 5.74) is -0.400. The number of imide groups is 1. The first-order valence-corrected chi connectivity index (χ1v) is 11.6. The topological polar surface area (TPSA) is 78.5 Å². The summed E-state index contributed by atoms with van der Waals surface area (Å²) < 4.78 is 0.831. The fourth-order valence-corrected chi connectivity index (χ4v) is 5.78. The van der Waals surface area contributed by atoms with Crippen LogP contribution in [0.1, 0.15) is 32.8 Å². The molecule has 3 aliphatic heterocycles. The van der Waals surface area contributed by atoms with Crippen molar-refractivity contribution < 1.29 is 14.4 Å². The summed E-state index contributed by atoms with van der Waals surface area (Å²) in [5, 5.41) is 6.38. The summed E-state index contributed by atoms with van der Waals surface area (Å²) in [4.78, 5) is 41.5. The Balaban J connectivity index is 1.89. The van der Waals surface area contributed by atoms with E-state index in [2.05, 4.69) is 26.6 Å². The van der Waals surface area contributed by atoms with Gasteiger partial charge in [0, 0.05) is 27.3 Å². The van der Waals surface area contributed by atoms with Gasteiger partial charge in [0.15, 0.2) is 0 Å². The molecular weight excluding hydrogens is 442 g/mol. The minimum Gasteiger partial charge on any atom is -0.324 e. The molecule has 0 radical (unpaired) electrons. The number of carbonyl (C=O) groups excluding carboxylic acids is 3. The number of thioether (sulfide) groups is 1. The molecular formula is C20H24BrN3O3S. The number of hydrogen-bond donors (Lipinski definition) is 2. The highest BCUT2D eigenvalue weighted by Gasteiger charge is 2.71. The molecule has 4 atom stereocenters. The van der Waals surface area contributed by atoms with Crippen molar-refractivity contribution in [2.75, 3.05) is 17.3 Å². The second-order valence-electron chi connectivity index (χ2n) is 8.67. The molecule has 1 aromatic carbocycles. The smallest absolute Gasteiger partial charge is 0.250 e. The standard InChI is InChI=1S/C20H24BrN3O3S/c1-19(2,3)24-16(25)14-13(7-8-28-4)23-20(15(14)17(24)26)11-9-10(21)5-6-12(11)22-18(20)27/h5-6,9,13-15,23H,7-8H2,1-4H3,(H,22,27)/t13-,14+,15-,20-/m0/s1. The molecule has 8 heteroatoms. The summed E-state index contributed by atoms with van der Waals surface area (Å²) in [6.45, 7) is 5.58. The first-order valence-electron chi connectivity index (χ1n) is 9.39. The van der Waals surface area contributed by atoms with Gasteiger partial charge in [-0.3, -0.25) is 24.6 Å². The van der Waals surface area contributed by atoms with Crippen LogP contribution in [0, 0.1) is 11.8 Å². The monoisotopic (exact) mass is 465 g/mol. The number of rotatable bonds is 3. The fourth-order valence-electron chi connectivity index (χ4n) is 4.93. The van der Waals surface area contributed by atoms with Crippen LogP contribution in [0.4, 0.5) is 5.69 Å². The molecule has 2 N–H and O–H groups in total. The van der Waals surface area contributed by atoms with Crippen LogP contribution in [0.25, 0.3) is 0 Å². The fraction of sp³-hybridized carbons (Fsp3) is 0.550. The van der Waals surface area contributed by atoms with Gasteiger partial charge in [-0.15, -0.1) is 0 Å². The highest BCUT2D eigenvalue weighted by Crippen LogP contribution is 2.54. The number of hydrogen-bond acceptors (Lipinski definition) is 5. The number of nitrogens with one attached hydrogen (secondary N) is 2. The Morgan fingerprint density at radius 3 is 2.57 bits per heavy atom. The van der Waals surface area contributed by atoms with E-state index in [1.165, 1.54) is 4.90 Å². The highest BCUT2D eigenvalue weighted by molar-refractivity contribution is 9.10. The maximum Gasteiger partial charge on any atom is 0.250 e. The molecule has 3 aliphatic rings. The Hall–Kier alpha value is -1.38. The Morgan fingerprint density at radius 2 is 1.93 bits per heavy atom. The van der Waals surface area contributed by atoms with E-state index in [9.17, 15) is 14.4 Å². The number of anilines is 1. The summed E-state index contributed by atoms with van der Waals surface area (Å²) in [6.07, 6.45) is 2.73. The lowest BCUT2D eigenvalue weighted by atomic mass is 9.76. The Bertz CT molecular complexity index is 884. The number of likely N-dealkylation sites (tertiary alicyclic amines) is 1. The molecule has 0 unspecified atom stereocenters. The third kappa shape index (κ3) is 2.60. The molecule has 0 aromatic heterocycles. The van der Waals surface area contributed by atoms with Gasteiger partial charge < -0.3 is 5.32 Å². The van der Waals surface area contributed by atoms with Crippen molar-refractivity contribution in [2.24, 2.45) is 11.8 Å². The van der Waals surface area contributed by atoms with E-state index >= 15 is 0 Å². The van der Waals surface area contributed by atoms with Crippen LogP contribution in [0.2, 0.25) is 0 Å². The minimum absolute atomic E-state index is 0.172. The van der Waals surface area contributed by atoms with Gasteiger partial charge in [0.25, 0.3) is 0 Å². The second-order valence-corrected chi connectivity index (χ2v) is 10.6. The molecule has 3 heterocycles. The van der Waals surface area contributed by atoms with Gasteiger partial charge in [-0.2, -0.15) is 11.8 Å². The molecule has 6 nitrogen and oxygen atoms in total. The Kier molecular flexibility index (Phi) is 4.67. The van der Waals surface area contributed by atoms with E-state index in [1.54, 1.807) is 11.8 Å². The first-order chi connectivity index (χ1) is 13.1. The van der Waals surface area contributed by atoms with E-state index in [4.69, 9.17) is 0 Å². The van der Waals surface area contributed by atoms with Crippen LogP contribution in [-0.4, -0.2) is 46.2 Å². The SMILES string of the molecule is CSCC[C@@H]1N[C@]2(C(=O)Nc3ccc(Br)cc32)[C@@H]2C(=O)N(C(C)(C)C)C(=O)[C@H]12. The van der Waals surface area contributed by atoms with Crippen LogP contribution < -0.4 is 10.6 Å². The molecule has 2 fully saturated rings. The number of halogens is 1. The first kappa shape index (κ1) is 19.9. The zero-order valence-electron chi connectivity index (χ0n) is 16.3. The van der Waals surface area contributed by atoms with Crippen molar-refractivity contribution in [3.05, 3.63) is 28.2 Å². The molecule has 3 amide bonds. The van der Waals surface area contributed by atoms with Gasteiger partial charge in [-0.25, -0.2) is 0 Å². The van der Waals surface area contributed by atoms with Gasteiger partial charge >= 0.3 is 0 Å². The maximum absolute atomic E-state index is 13.5. The van der Waals surface area contributed by atoms with Crippen molar-refractivity contribution in [1.29, 1.82) is 0 Å². The van der Waals surface area contributed by atoms with Gasteiger partial charge in [0.2, 0.25) is 17.7 Å². The number of fused-ring (bicyclic) bond motifs is 4. The predicted molar refractivity (Wildman–Crippen MR) is 113 cm³/mol. The summed E-state index contributed by atoms with van der Waals surface area (Å²) in [7, 11) is 0. The third-order valence-electron chi connectivity index (χ3n) is 5.98. The molecule has 28 heavy (non-hydrogen) atoms. The third-order valence-corrected chi connectivity index (χ3v) is 7.12. The van der Waals surface area contributed by atoms with Crippen molar-refractivity contribution in [2.45, 2.75) is 44.3 Å². The van der Waals surface area contributed by atoms with Crippen LogP contribution in [0.15, 0.2) is 22.7 Å². The lowest BCUT2D eigenvalue weighted by molar-refractivity contribution is -0.147. The minimum atomic E-state index is -1.21. The van der Waals surface area contributed by atoms with Crippen molar-refractivity contribution in [3.8, 4) is 0 Å². The van der Waals surface area contributed by atoms with Crippen molar-refractivity contribution in [3.63, 3.8) is 0 Å². The van der Waals surface area contributed by atoms with E-state index < -0.39 is 22.9 Å². The number of nitrogens with zero attached hydrogens (tertiary/aromatic N) is 1. The average molecular weight is 466 g/mol. The van der Waals surface area contributed by atoms with Crippen LogP contribution in [0.3, 0.4) is 0 Å². The molecule has 1 aromatic rings. The van der Waals surface area contributed by atoms with E-state index in [-0.39, 0.29) is 23.8 Å². The van der Waals surface area contributed by atoms with E-state index in [1.807, 2.05) is 45.2 Å². The van der Waals surface area contributed by atoms with Crippen LogP contribution in [-0.2, 0) is 19.9 Å². The summed E-state index contributed by atoms with van der Waals surface area (Å²) in [5.74, 6) is -1.10. The van der Waals surface area contributed by atoms with Crippen LogP contribution in [0.5, 0.6) is 0 Å². The second kappa shape index (κ2) is 6.57.